The molecule has 1 spiro atoms. The molecular formula is C17H25NO2. The monoisotopic (exact) mass is 275 g/mol. The van der Waals surface area contributed by atoms with Crippen LogP contribution in [0.2, 0.25) is 0 Å². The van der Waals surface area contributed by atoms with E-state index in [-0.39, 0.29) is 11.7 Å². The highest BCUT2D eigenvalue weighted by Gasteiger charge is 2.40. The predicted molar refractivity (Wildman–Crippen MR) is 81.4 cm³/mol. The maximum absolute atomic E-state index is 6.32. The minimum absolute atomic E-state index is 0.197. The lowest BCUT2D eigenvalue weighted by Gasteiger charge is -2.33. The molecule has 1 heterocycles. The molecule has 2 fully saturated rings. The molecule has 1 aliphatic heterocycles. The SMILES string of the molecule is CNc1ccc(OCC2CCC3(CCCCC3)O2)cc1. The molecule has 1 aliphatic carbocycles. The van der Waals surface area contributed by atoms with E-state index in [1.165, 1.54) is 38.5 Å². The third-order valence-corrected chi connectivity index (χ3v) is 4.68. The van der Waals surface area contributed by atoms with Gasteiger partial charge in [-0.05, 0) is 49.9 Å². The second-order valence-corrected chi connectivity index (χ2v) is 6.11. The van der Waals surface area contributed by atoms with Crippen LogP contribution in [0.15, 0.2) is 24.3 Å². The van der Waals surface area contributed by atoms with Crippen molar-refractivity contribution in [2.75, 3.05) is 19.0 Å². The fraction of sp³-hybridized carbons (Fsp3) is 0.647. The van der Waals surface area contributed by atoms with Crippen LogP contribution in [0.5, 0.6) is 5.75 Å². The maximum Gasteiger partial charge on any atom is 0.119 e. The van der Waals surface area contributed by atoms with Crippen LogP contribution < -0.4 is 10.1 Å². The summed E-state index contributed by atoms with van der Waals surface area (Å²) in [5.41, 5.74) is 1.30. The van der Waals surface area contributed by atoms with Crippen molar-refractivity contribution in [1.29, 1.82) is 0 Å². The van der Waals surface area contributed by atoms with Crippen LogP contribution in [0.3, 0.4) is 0 Å². The van der Waals surface area contributed by atoms with Crippen molar-refractivity contribution in [2.45, 2.75) is 56.7 Å². The molecule has 1 unspecified atom stereocenters. The Kier molecular flexibility index (Phi) is 4.16. The third-order valence-electron chi connectivity index (χ3n) is 4.68. The van der Waals surface area contributed by atoms with E-state index >= 15 is 0 Å². The maximum atomic E-state index is 6.32. The topological polar surface area (TPSA) is 30.5 Å². The highest BCUT2D eigenvalue weighted by atomic mass is 16.6. The third kappa shape index (κ3) is 3.09. The molecule has 20 heavy (non-hydrogen) atoms. The zero-order valence-corrected chi connectivity index (χ0v) is 12.4. The van der Waals surface area contributed by atoms with Crippen LogP contribution in [0.1, 0.15) is 44.9 Å². The van der Waals surface area contributed by atoms with Gasteiger partial charge in [0.1, 0.15) is 12.4 Å². The van der Waals surface area contributed by atoms with E-state index in [9.17, 15) is 0 Å². The molecule has 1 saturated carbocycles. The number of nitrogens with one attached hydrogen (secondary N) is 1. The molecule has 1 atom stereocenters. The van der Waals surface area contributed by atoms with E-state index in [0.29, 0.717) is 6.61 Å². The van der Waals surface area contributed by atoms with Crippen LogP contribution in [0.4, 0.5) is 5.69 Å². The Bertz CT molecular complexity index is 423. The van der Waals surface area contributed by atoms with Gasteiger partial charge in [0.05, 0.1) is 11.7 Å². The van der Waals surface area contributed by atoms with E-state index in [2.05, 4.69) is 5.32 Å². The molecule has 3 rings (SSSR count). The van der Waals surface area contributed by atoms with Crippen molar-refractivity contribution in [1.82, 2.24) is 0 Å². The number of rotatable bonds is 4. The molecule has 1 N–H and O–H groups in total. The van der Waals surface area contributed by atoms with Gasteiger partial charge in [-0.2, -0.15) is 0 Å². The summed E-state index contributed by atoms with van der Waals surface area (Å²) in [5.74, 6) is 0.928. The molecule has 3 nitrogen and oxygen atoms in total. The Labute approximate surface area is 121 Å². The first-order valence-corrected chi connectivity index (χ1v) is 7.88. The average Bonchev–Trinajstić information content (AvgIpc) is 2.89. The highest BCUT2D eigenvalue weighted by molar-refractivity contribution is 5.45. The second kappa shape index (κ2) is 6.04. The Hall–Kier alpha value is -1.22. The van der Waals surface area contributed by atoms with E-state index in [0.717, 1.165) is 17.9 Å². The van der Waals surface area contributed by atoms with Gasteiger partial charge in [0.15, 0.2) is 0 Å². The highest BCUT2D eigenvalue weighted by Crippen LogP contribution is 2.41. The van der Waals surface area contributed by atoms with Crippen LogP contribution in [-0.4, -0.2) is 25.4 Å². The lowest BCUT2D eigenvalue weighted by molar-refractivity contribution is -0.0748. The minimum Gasteiger partial charge on any atom is -0.491 e. The average molecular weight is 275 g/mol. The summed E-state index contributed by atoms with van der Waals surface area (Å²) in [6, 6.07) is 8.09. The summed E-state index contributed by atoms with van der Waals surface area (Å²) in [6.07, 6.45) is 9.19. The van der Waals surface area contributed by atoms with E-state index in [1.807, 2.05) is 31.3 Å². The lowest BCUT2D eigenvalue weighted by atomic mass is 9.83. The van der Waals surface area contributed by atoms with Gasteiger partial charge in [0.25, 0.3) is 0 Å². The van der Waals surface area contributed by atoms with Gasteiger partial charge in [-0.25, -0.2) is 0 Å². The van der Waals surface area contributed by atoms with Crippen molar-refractivity contribution in [2.24, 2.45) is 0 Å². The number of ether oxygens (including phenoxy) is 2. The largest absolute Gasteiger partial charge is 0.491 e. The van der Waals surface area contributed by atoms with Crippen molar-refractivity contribution >= 4 is 5.69 Å². The summed E-state index contributed by atoms with van der Waals surface area (Å²) in [4.78, 5) is 0. The van der Waals surface area contributed by atoms with Crippen molar-refractivity contribution in [3.05, 3.63) is 24.3 Å². The molecule has 0 bridgehead atoms. The van der Waals surface area contributed by atoms with Crippen LogP contribution >= 0.6 is 0 Å². The second-order valence-electron chi connectivity index (χ2n) is 6.11. The first-order valence-electron chi connectivity index (χ1n) is 7.88. The quantitative estimate of drug-likeness (QED) is 0.901. The zero-order chi connectivity index (χ0) is 13.8. The smallest absolute Gasteiger partial charge is 0.119 e. The van der Waals surface area contributed by atoms with Gasteiger partial charge in [-0.1, -0.05) is 19.3 Å². The van der Waals surface area contributed by atoms with Crippen LogP contribution in [0.25, 0.3) is 0 Å². The summed E-state index contributed by atoms with van der Waals surface area (Å²) < 4.78 is 12.2. The molecule has 0 radical (unpaired) electrons. The van der Waals surface area contributed by atoms with E-state index in [1.54, 1.807) is 0 Å². The van der Waals surface area contributed by atoms with Gasteiger partial charge >= 0.3 is 0 Å². The standard InChI is InChI=1S/C17H25NO2/c1-18-14-5-7-15(8-6-14)19-13-16-9-12-17(20-16)10-3-2-4-11-17/h5-8,16,18H,2-4,9-13H2,1H3. The fourth-order valence-electron chi connectivity index (χ4n) is 3.48. The Morgan fingerprint density at radius 1 is 1.15 bits per heavy atom. The number of anilines is 1. The van der Waals surface area contributed by atoms with E-state index in [4.69, 9.17) is 9.47 Å². The van der Waals surface area contributed by atoms with Crippen LogP contribution in [0, 0.1) is 0 Å². The Balaban J connectivity index is 1.49. The Morgan fingerprint density at radius 3 is 2.60 bits per heavy atom. The number of benzene rings is 1. The normalized spacial score (nSPS) is 24.8. The van der Waals surface area contributed by atoms with Crippen molar-refractivity contribution in [3.8, 4) is 5.75 Å². The van der Waals surface area contributed by atoms with Gasteiger partial charge < -0.3 is 14.8 Å². The summed E-state index contributed by atoms with van der Waals surface area (Å²) >= 11 is 0. The molecule has 1 aromatic rings. The van der Waals surface area contributed by atoms with Gasteiger partial charge in [-0.3, -0.25) is 0 Å². The molecule has 3 heteroatoms. The first-order chi connectivity index (χ1) is 9.80. The summed E-state index contributed by atoms with van der Waals surface area (Å²) in [6.45, 7) is 0.681. The van der Waals surface area contributed by atoms with E-state index < -0.39 is 0 Å². The summed E-state index contributed by atoms with van der Waals surface area (Å²) in [7, 11) is 1.92. The molecule has 1 saturated heterocycles. The molecule has 2 aliphatic rings. The predicted octanol–water partition coefficient (Wildman–Crippen LogP) is 3.99. The van der Waals surface area contributed by atoms with Gasteiger partial charge in [-0.15, -0.1) is 0 Å². The summed E-state index contributed by atoms with van der Waals surface area (Å²) in [5, 5.41) is 3.11. The fourth-order valence-corrected chi connectivity index (χ4v) is 3.48. The number of hydrogen-bond acceptors (Lipinski definition) is 3. The minimum atomic E-state index is 0.197. The van der Waals surface area contributed by atoms with Gasteiger partial charge in [0, 0.05) is 12.7 Å². The molecule has 1 aromatic carbocycles. The Morgan fingerprint density at radius 2 is 1.90 bits per heavy atom. The van der Waals surface area contributed by atoms with Crippen molar-refractivity contribution < 1.29 is 9.47 Å². The molecular weight excluding hydrogens is 250 g/mol. The van der Waals surface area contributed by atoms with Gasteiger partial charge in [0.2, 0.25) is 0 Å². The molecule has 0 aromatic heterocycles. The molecule has 110 valence electrons. The van der Waals surface area contributed by atoms with Crippen LogP contribution in [-0.2, 0) is 4.74 Å². The number of hydrogen-bond donors (Lipinski definition) is 1. The first kappa shape index (κ1) is 13.7. The lowest BCUT2D eigenvalue weighted by Crippen LogP contribution is -2.32. The zero-order valence-electron chi connectivity index (χ0n) is 12.4. The van der Waals surface area contributed by atoms with Crippen molar-refractivity contribution in [3.63, 3.8) is 0 Å². The molecule has 0 amide bonds.